The monoisotopic (exact) mass is 373 g/mol. The summed E-state index contributed by atoms with van der Waals surface area (Å²) in [6, 6.07) is 6.53. The minimum Gasteiger partial charge on any atom is -0.338 e. The van der Waals surface area contributed by atoms with E-state index in [0.29, 0.717) is 23.5 Å². The van der Waals surface area contributed by atoms with Crippen LogP contribution in [0.1, 0.15) is 49.9 Å². The molecule has 6 nitrogen and oxygen atoms in total. The Hall–Kier alpha value is -2.22. The Morgan fingerprint density at radius 1 is 1.15 bits per heavy atom. The molecule has 3 aromatic rings. The van der Waals surface area contributed by atoms with Gasteiger partial charge in [-0.2, -0.15) is 4.98 Å². The summed E-state index contributed by atoms with van der Waals surface area (Å²) in [4.78, 5) is 4.40. The van der Waals surface area contributed by atoms with E-state index >= 15 is 0 Å². The van der Waals surface area contributed by atoms with Crippen LogP contribution in [0.25, 0.3) is 11.4 Å². The topological polar surface area (TPSA) is 69.6 Å². The highest BCUT2D eigenvalue weighted by Gasteiger charge is 2.22. The maximum absolute atomic E-state index is 13.0. The van der Waals surface area contributed by atoms with Crippen molar-refractivity contribution < 1.29 is 8.91 Å². The van der Waals surface area contributed by atoms with Crippen molar-refractivity contribution in [3.8, 4) is 11.4 Å². The molecule has 0 amide bonds. The molecular weight excluding hydrogens is 353 g/mol. The zero-order valence-corrected chi connectivity index (χ0v) is 15.4. The molecule has 0 aliphatic heterocycles. The number of thioether (sulfide) groups is 1. The normalized spacial score (nSPS) is 15.5. The zero-order chi connectivity index (χ0) is 17.9. The van der Waals surface area contributed by atoms with E-state index in [1.54, 1.807) is 23.9 Å². The molecule has 136 valence electrons. The van der Waals surface area contributed by atoms with Crippen LogP contribution >= 0.6 is 11.8 Å². The minimum absolute atomic E-state index is 0.287. The van der Waals surface area contributed by atoms with Crippen LogP contribution in [0.4, 0.5) is 4.39 Å². The summed E-state index contributed by atoms with van der Waals surface area (Å²) in [5.74, 6) is 2.18. The SMILES string of the molecule is Cc1nnc(SCc2nc(-c3ccc(F)cc3)no2)n1C1CCCCC1. The Balaban J connectivity index is 1.46. The van der Waals surface area contributed by atoms with Crippen molar-refractivity contribution in [1.82, 2.24) is 24.9 Å². The molecule has 26 heavy (non-hydrogen) atoms. The van der Waals surface area contributed by atoms with E-state index in [4.69, 9.17) is 4.52 Å². The van der Waals surface area contributed by atoms with Crippen LogP contribution in [0.2, 0.25) is 0 Å². The third-order valence-corrected chi connectivity index (χ3v) is 5.60. The molecule has 0 bridgehead atoms. The van der Waals surface area contributed by atoms with E-state index in [1.165, 1.54) is 44.2 Å². The maximum atomic E-state index is 13.0. The molecule has 4 rings (SSSR count). The molecule has 1 aliphatic rings. The minimum atomic E-state index is -0.287. The smallest absolute Gasteiger partial charge is 0.237 e. The molecule has 1 saturated carbocycles. The fourth-order valence-electron chi connectivity index (χ4n) is 3.36. The molecule has 0 atom stereocenters. The lowest BCUT2D eigenvalue weighted by molar-refractivity contribution is 0.331. The van der Waals surface area contributed by atoms with Crippen molar-refractivity contribution in [1.29, 1.82) is 0 Å². The summed E-state index contributed by atoms with van der Waals surface area (Å²) >= 11 is 1.56. The summed E-state index contributed by atoms with van der Waals surface area (Å²) in [6.07, 6.45) is 6.20. The van der Waals surface area contributed by atoms with E-state index in [9.17, 15) is 4.39 Å². The van der Waals surface area contributed by atoms with E-state index in [0.717, 1.165) is 16.5 Å². The molecular formula is C18H20FN5OS. The van der Waals surface area contributed by atoms with Crippen LogP contribution in [0.5, 0.6) is 0 Å². The fraction of sp³-hybridized carbons (Fsp3) is 0.444. The van der Waals surface area contributed by atoms with Gasteiger partial charge in [0.25, 0.3) is 0 Å². The number of aryl methyl sites for hydroxylation is 1. The van der Waals surface area contributed by atoms with Gasteiger partial charge in [0.2, 0.25) is 11.7 Å². The molecule has 0 unspecified atom stereocenters. The number of rotatable bonds is 5. The highest BCUT2D eigenvalue weighted by atomic mass is 32.2. The standard InChI is InChI=1S/C18H20FN5OS/c1-12-21-22-18(24(12)15-5-3-2-4-6-15)26-11-16-20-17(23-25-16)13-7-9-14(19)10-8-13/h7-10,15H,2-6,11H2,1H3. The summed E-state index contributed by atoms with van der Waals surface area (Å²) in [5.41, 5.74) is 0.729. The number of benzene rings is 1. The van der Waals surface area contributed by atoms with Gasteiger partial charge < -0.3 is 9.09 Å². The van der Waals surface area contributed by atoms with E-state index in [1.807, 2.05) is 6.92 Å². The first-order chi connectivity index (χ1) is 12.7. The van der Waals surface area contributed by atoms with Crippen molar-refractivity contribution in [3.63, 3.8) is 0 Å². The van der Waals surface area contributed by atoms with Crippen LogP contribution < -0.4 is 0 Å². The highest BCUT2D eigenvalue weighted by molar-refractivity contribution is 7.98. The van der Waals surface area contributed by atoms with Gasteiger partial charge in [-0.3, -0.25) is 0 Å². The predicted octanol–water partition coefficient (Wildman–Crippen LogP) is 4.57. The van der Waals surface area contributed by atoms with Gasteiger partial charge in [-0.25, -0.2) is 4.39 Å². The number of hydrogen-bond acceptors (Lipinski definition) is 6. The Bertz CT molecular complexity index is 870. The number of halogens is 1. The lowest BCUT2D eigenvalue weighted by atomic mass is 9.95. The van der Waals surface area contributed by atoms with Crippen LogP contribution in [-0.2, 0) is 5.75 Å². The molecule has 8 heteroatoms. The van der Waals surface area contributed by atoms with Crippen molar-refractivity contribution in [3.05, 3.63) is 41.8 Å². The van der Waals surface area contributed by atoms with Gasteiger partial charge in [0.15, 0.2) is 5.16 Å². The van der Waals surface area contributed by atoms with Crippen LogP contribution in [0, 0.1) is 12.7 Å². The average molecular weight is 373 g/mol. The van der Waals surface area contributed by atoms with Crippen LogP contribution in [0.15, 0.2) is 33.9 Å². The zero-order valence-electron chi connectivity index (χ0n) is 14.6. The number of hydrogen-bond donors (Lipinski definition) is 0. The van der Waals surface area contributed by atoms with E-state index < -0.39 is 0 Å². The fourth-order valence-corrected chi connectivity index (χ4v) is 4.25. The Labute approximate surface area is 155 Å². The first kappa shape index (κ1) is 17.2. The second-order valence-electron chi connectivity index (χ2n) is 6.50. The molecule has 2 aromatic heterocycles. The first-order valence-corrected chi connectivity index (χ1v) is 9.82. The summed E-state index contributed by atoms with van der Waals surface area (Å²) in [6.45, 7) is 2.00. The van der Waals surface area contributed by atoms with Crippen LogP contribution in [0.3, 0.4) is 0 Å². The lowest BCUT2D eigenvalue weighted by Gasteiger charge is -2.24. The number of aromatic nitrogens is 5. The van der Waals surface area contributed by atoms with E-state index in [2.05, 4.69) is 24.9 Å². The molecule has 0 saturated heterocycles. The first-order valence-electron chi connectivity index (χ1n) is 8.83. The molecule has 2 heterocycles. The van der Waals surface area contributed by atoms with Gasteiger partial charge in [-0.15, -0.1) is 10.2 Å². The summed E-state index contributed by atoms with van der Waals surface area (Å²) < 4.78 is 20.6. The number of nitrogens with zero attached hydrogens (tertiary/aromatic N) is 5. The third-order valence-electron chi connectivity index (χ3n) is 4.67. The second-order valence-corrected chi connectivity index (χ2v) is 7.44. The third kappa shape index (κ3) is 3.65. The van der Waals surface area contributed by atoms with E-state index in [-0.39, 0.29) is 5.82 Å². The van der Waals surface area contributed by atoms with Gasteiger partial charge >= 0.3 is 0 Å². The molecule has 0 radical (unpaired) electrons. The van der Waals surface area contributed by atoms with Gasteiger partial charge in [-0.1, -0.05) is 36.2 Å². The van der Waals surface area contributed by atoms with Gasteiger partial charge in [0, 0.05) is 11.6 Å². The maximum Gasteiger partial charge on any atom is 0.237 e. The largest absolute Gasteiger partial charge is 0.338 e. The van der Waals surface area contributed by atoms with Crippen molar-refractivity contribution >= 4 is 11.8 Å². The average Bonchev–Trinajstić information content (AvgIpc) is 3.28. The molecule has 1 aromatic carbocycles. The predicted molar refractivity (Wildman–Crippen MR) is 96.1 cm³/mol. The van der Waals surface area contributed by atoms with Crippen molar-refractivity contribution in [2.45, 2.75) is 56.0 Å². The molecule has 0 spiro atoms. The molecule has 1 aliphatic carbocycles. The Morgan fingerprint density at radius 2 is 1.92 bits per heavy atom. The summed E-state index contributed by atoms with van der Waals surface area (Å²) in [7, 11) is 0. The molecule has 0 N–H and O–H groups in total. The molecule has 1 fully saturated rings. The van der Waals surface area contributed by atoms with Crippen molar-refractivity contribution in [2.75, 3.05) is 0 Å². The van der Waals surface area contributed by atoms with Crippen LogP contribution in [-0.4, -0.2) is 24.9 Å². The Morgan fingerprint density at radius 3 is 2.69 bits per heavy atom. The lowest BCUT2D eigenvalue weighted by Crippen LogP contribution is -2.15. The Kier molecular flexibility index (Phi) is 5.01. The summed E-state index contributed by atoms with van der Waals surface area (Å²) in [5, 5.41) is 13.5. The quantitative estimate of drug-likeness (QED) is 0.610. The van der Waals surface area contributed by atoms with Gasteiger partial charge in [0.1, 0.15) is 11.6 Å². The van der Waals surface area contributed by atoms with Gasteiger partial charge in [0.05, 0.1) is 5.75 Å². The van der Waals surface area contributed by atoms with Crippen molar-refractivity contribution in [2.24, 2.45) is 0 Å². The highest BCUT2D eigenvalue weighted by Crippen LogP contribution is 2.33. The second kappa shape index (κ2) is 7.57. The van der Waals surface area contributed by atoms with Gasteiger partial charge in [-0.05, 0) is 44.0 Å².